The van der Waals surface area contributed by atoms with E-state index in [4.69, 9.17) is 4.74 Å². The van der Waals surface area contributed by atoms with Crippen LogP contribution in [0.2, 0.25) is 0 Å². The first-order chi connectivity index (χ1) is 13.6. The number of aromatic nitrogens is 3. The van der Waals surface area contributed by atoms with Crippen LogP contribution in [0.1, 0.15) is 15.9 Å². The summed E-state index contributed by atoms with van der Waals surface area (Å²) in [7, 11) is 1.42. The minimum atomic E-state index is -0.431. The third-order valence-electron chi connectivity index (χ3n) is 4.38. The normalized spacial score (nSPS) is 10.8. The Hall–Kier alpha value is -3.74. The number of ether oxygens (including phenoxy) is 1. The minimum absolute atomic E-state index is 0.267. The molecule has 140 valence electrons. The number of benzene rings is 3. The van der Waals surface area contributed by atoms with E-state index in [2.05, 4.69) is 15.6 Å². The van der Waals surface area contributed by atoms with Gasteiger partial charge in [0.25, 0.3) is 5.91 Å². The molecule has 0 aliphatic heterocycles. The van der Waals surface area contributed by atoms with Gasteiger partial charge in [-0.1, -0.05) is 29.5 Å². The molecule has 0 aliphatic carbocycles. The number of nitrogens with one attached hydrogen (secondary N) is 1. The van der Waals surface area contributed by atoms with Crippen LogP contribution in [0.5, 0.6) is 5.75 Å². The molecule has 1 N–H and O–H groups in total. The van der Waals surface area contributed by atoms with Crippen LogP contribution in [0.4, 0.5) is 10.1 Å². The van der Waals surface area contributed by atoms with E-state index in [9.17, 15) is 9.18 Å². The standard InChI is InChI=1S/C21H17FN4O2/c1-28-20-12-16(22)10-11-18(20)23-21(27)15-8-6-14(7-9-15)13-26-19-5-3-2-4-17(19)24-25-26/h2-12H,13H2,1H3,(H,23,27). The summed E-state index contributed by atoms with van der Waals surface area (Å²) in [6.45, 7) is 0.550. The van der Waals surface area contributed by atoms with Crippen molar-refractivity contribution in [2.75, 3.05) is 12.4 Å². The lowest BCUT2D eigenvalue weighted by Crippen LogP contribution is -2.13. The van der Waals surface area contributed by atoms with Crippen LogP contribution in [-0.4, -0.2) is 28.0 Å². The van der Waals surface area contributed by atoms with E-state index in [0.29, 0.717) is 17.8 Å². The molecule has 0 radical (unpaired) electrons. The van der Waals surface area contributed by atoms with Gasteiger partial charge >= 0.3 is 0 Å². The number of fused-ring (bicyclic) bond motifs is 1. The van der Waals surface area contributed by atoms with Crippen molar-refractivity contribution < 1.29 is 13.9 Å². The molecule has 0 bridgehead atoms. The van der Waals surface area contributed by atoms with Crippen molar-refractivity contribution in [1.82, 2.24) is 15.0 Å². The molecule has 3 aromatic carbocycles. The highest BCUT2D eigenvalue weighted by molar-refractivity contribution is 6.05. The van der Waals surface area contributed by atoms with Crippen molar-refractivity contribution in [2.45, 2.75) is 6.54 Å². The number of anilines is 1. The van der Waals surface area contributed by atoms with Gasteiger partial charge < -0.3 is 10.1 Å². The van der Waals surface area contributed by atoms with Crippen LogP contribution >= 0.6 is 0 Å². The van der Waals surface area contributed by atoms with Crippen LogP contribution < -0.4 is 10.1 Å². The highest BCUT2D eigenvalue weighted by Crippen LogP contribution is 2.25. The summed E-state index contributed by atoms with van der Waals surface area (Å²) in [6, 6.07) is 18.9. The summed E-state index contributed by atoms with van der Waals surface area (Å²) in [5, 5.41) is 11.0. The Morgan fingerprint density at radius 1 is 1.11 bits per heavy atom. The van der Waals surface area contributed by atoms with E-state index < -0.39 is 5.82 Å². The highest BCUT2D eigenvalue weighted by atomic mass is 19.1. The Bertz CT molecular complexity index is 1140. The van der Waals surface area contributed by atoms with Crippen molar-refractivity contribution >= 4 is 22.6 Å². The van der Waals surface area contributed by atoms with Crippen molar-refractivity contribution in [3.05, 3.63) is 83.7 Å². The monoisotopic (exact) mass is 376 g/mol. The lowest BCUT2D eigenvalue weighted by atomic mass is 10.1. The second-order valence-electron chi connectivity index (χ2n) is 6.23. The van der Waals surface area contributed by atoms with Gasteiger partial charge in [0, 0.05) is 11.6 Å². The zero-order valence-corrected chi connectivity index (χ0v) is 15.1. The first kappa shape index (κ1) is 17.7. The average Bonchev–Trinajstić information content (AvgIpc) is 3.12. The quantitative estimate of drug-likeness (QED) is 0.574. The maximum Gasteiger partial charge on any atom is 0.255 e. The van der Waals surface area contributed by atoms with Gasteiger partial charge in [-0.25, -0.2) is 9.07 Å². The van der Waals surface area contributed by atoms with Crippen molar-refractivity contribution in [2.24, 2.45) is 0 Å². The van der Waals surface area contributed by atoms with Gasteiger partial charge in [-0.05, 0) is 42.0 Å². The number of nitrogens with zero attached hydrogens (tertiary/aromatic N) is 3. The number of para-hydroxylation sites is 1. The van der Waals surface area contributed by atoms with Gasteiger partial charge in [-0.2, -0.15) is 0 Å². The summed E-state index contributed by atoms with van der Waals surface area (Å²) in [5.74, 6) is -0.467. The molecule has 6 nitrogen and oxygen atoms in total. The van der Waals surface area contributed by atoms with Crippen LogP contribution in [0.25, 0.3) is 11.0 Å². The largest absolute Gasteiger partial charge is 0.494 e. The van der Waals surface area contributed by atoms with Crippen LogP contribution in [0, 0.1) is 5.82 Å². The number of carbonyl (C=O) groups is 1. The van der Waals surface area contributed by atoms with Crippen molar-refractivity contribution in [3.8, 4) is 5.75 Å². The molecule has 0 unspecified atom stereocenters. The summed E-state index contributed by atoms with van der Waals surface area (Å²) in [6.07, 6.45) is 0. The lowest BCUT2D eigenvalue weighted by molar-refractivity contribution is 0.102. The molecule has 0 saturated carbocycles. The van der Waals surface area contributed by atoms with Gasteiger partial charge in [0.05, 0.1) is 24.9 Å². The summed E-state index contributed by atoms with van der Waals surface area (Å²) in [4.78, 5) is 12.5. The predicted molar refractivity (Wildman–Crippen MR) is 104 cm³/mol. The van der Waals surface area contributed by atoms with Gasteiger partial charge in [-0.3, -0.25) is 4.79 Å². The van der Waals surface area contributed by atoms with Crippen LogP contribution in [0.15, 0.2) is 66.7 Å². The number of methoxy groups -OCH3 is 1. The minimum Gasteiger partial charge on any atom is -0.494 e. The molecule has 1 amide bonds. The summed E-state index contributed by atoms with van der Waals surface area (Å²) < 4.78 is 20.2. The molecule has 0 spiro atoms. The zero-order chi connectivity index (χ0) is 19.5. The smallest absolute Gasteiger partial charge is 0.255 e. The zero-order valence-electron chi connectivity index (χ0n) is 15.1. The Morgan fingerprint density at radius 3 is 2.68 bits per heavy atom. The highest BCUT2D eigenvalue weighted by Gasteiger charge is 2.11. The fourth-order valence-corrected chi connectivity index (χ4v) is 2.93. The summed E-state index contributed by atoms with van der Waals surface area (Å²) >= 11 is 0. The van der Waals surface area contributed by atoms with E-state index in [1.165, 1.54) is 25.3 Å². The van der Waals surface area contributed by atoms with Crippen molar-refractivity contribution in [3.63, 3.8) is 0 Å². The molecule has 4 aromatic rings. The molecule has 0 fully saturated rings. The SMILES string of the molecule is COc1cc(F)ccc1NC(=O)c1ccc(Cn2nnc3ccccc32)cc1. The molecule has 0 atom stereocenters. The van der Waals surface area contributed by atoms with Crippen LogP contribution in [-0.2, 0) is 6.54 Å². The maximum atomic E-state index is 13.3. The van der Waals surface area contributed by atoms with Gasteiger partial charge in [-0.15, -0.1) is 5.10 Å². The molecule has 1 aromatic heterocycles. The van der Waals surface area contributed by atoms with E-state index in [1.54, 1.807) is 12.1 Å². The molecular formula is C21H17FN4O2. The number of hydrogen-bond acceptors (Lipinski definition) is 4. The Morgan fingerprint density at radius 2 is 1.89 bits per heavy atom. The first-order valence-corrected chi connectivity index (χ1v) is 8.66. The number of carbonyl (C=O) groups excluding carboxylic acids is 1. The van der Waals surface area contributed by atoms with E-state index >= 15 is 0 Å². The van der Waals surface area contributed by atoms with Gasteiger partial charge in [0.15, 0.2) is 0 Å². The lowest BCUT2D eigenvalue weighted by Gasteiger charge is -2.10. The first-order valence-electron chi connectivity index (χ1n) is 8.66. The summed E-state index contributed by atoms with van der Waals surface area (Å²) in [5.41, 5.74) is 3.68. The second-order valence-corrected chi connectivity index (χ2v) is 6.23. The third-order valence-corrected chi connectivity index (χ3v) is 4.38. The van der Waals surface area contributed by atoms with Gasteiger partial charge in [0.2, 0.25) is 0 Å². The Balaban J connectivity index is 1.49. The molecule has 0 saturated heterocycles. The Labute approximate surface area is 160 Å². The number of rotatable bonds is 5. The van der Waals surface area contributed by atoms with E-state index in [0.717, 1.165) is 16.6 Å². The van der Waals surface area contributed by atoms with Crippen molar-refractivity contribution in [1.29, 1.82) is 0 Å². The number of hydrogen-bond donors (Lipinski definition) is 1. The number of halogens is 1. The maximum absolute atomic E-state index is 13.3. The number of amides is 1. The topological polar surface area (TPSA) is 69.0 Å². The fourth-order valence-electron chi connectivity index (χ4n) is 2.93. The Kier molecular flexibility index (Phi) is 4.72. The molecule has 4 rings (SSSR count). The molecule has 1 heterocycles. The van der Waals surface area contributed by atoms with E-state index in [1.807, 2.05) is 41.1 Å². The average molecular weight is 376 g/mol. The van der Waals surface area contributed by atoms with Crippen LogP contribution in [0.3, 0.4) is 0 Å². The second kappa shape index (κ2) is 7.48. The van der Waals surface area contributed by atoms with Gasteiger partial charge in [0.1, 0.15) is 17.1 Å². The predicted octanol–water partition coefficient (Wildman–Crippen LogP) is 3.88. The third kappa shape index (κ3) is 3.55. The molecule has 0 aliphatic rings. The molecule has 7 heteroatoms. The molecular weight excluding hydrogens is 359 g/mol. The molecule has 28 heavy (non-hydrogen) atoms. The fraction of sp³-hybridized carbons (Fsp3) is 0.0952. The van der Waals surface area contributed by atoms with E-state index in [-0.39, 0.29) is 11.7 Å².